The zero-order valence-electron chi connectivity index (χ0n) is 13.6. The summed E-state index contributed by atoms with van der Waals surface area (Å²) in [7, 11) is 0. The summed E-state index contributed by atoms with van der Waals surface area (Å²) < 4.78 is 0.128. The van der Waals surface area contributed by atoms with Gasteiger partial charge in [0, 0.05) is 30.8 Å². The van der Waals surface area contributed by atoms with E-state index < -0.39 is 0 Å². The van der Waals surface area contributed by atoms with Gasteiger partial charge >= 0.3 is 0 Å². The molecule has 2 aliphatic heterocycles. The second kappa shape index (κ2) is 7.03. The van der Waals surface area contributed by atoms with E-state index in [9.17, 15) is 9.59 Å². The largest absolute Gasteiger partial charge is 0.339 e. The summed E-state index contributed by atoms with van der Waals surface area (Å²) >= 11 is 1.86. The first kappa shape index (κ1) is 16.7. The van der Waals surface area contributed by atoms with E-state index in [2.05, 4.69) is 20.1 Å². The van der Waals surface area contributed by atoms with E-state index in [4.69, 9.17) is 0 Å². The molecule has 2 fully saturated rings. The maximum atomic E-state index is 12.9. The average molecular weight is 312 g/mol. The molecule has 2 rings (SSSR count). The van der Waals surface area contributed by atoms with E-state index in [1.807, 2.05) is 21.6 Å². The van der Waals surface area contributed by atoms with Crippen LogP contribution in [0.3, 0.4) is 0 Å². The third-order valence-electron chi connectivity index (χ3n) is 5.22. The van der Waals surface area contributed by atoms with Gasteiger partial charge in [-0.3, -0.25) is 9.59 Å². The molecule has 2 aliphatic rings. The molecule has 2 heterocycles. The van der Waals surface area contributed by atoms with Crippen molar-refractivity contribution in [3.8, 4) is 0 Å². The van der Waals surface area contributed by atoms with Gasteiger partial charge in [-0.1, -0.05) is 13.8 Å². The van der Waals surface area contributed by atoms with Crippen molar-refractivity contribution >= 4 is 23.6 Å². The van der Waals surface area contributed by atoms with Crippen LogP contribution < -0.4 is 0 Å². The smallest absolute Gasteiger partial charge is 0.245 e. The van der Waals surface area contributed by atoms with Gasteiger partial charge in [-0.05, 0) is 38.4 Å². The number of amides is 2. The van der Waals surface area contributed by atoms with Crippen molar-refractivity contribution in [1.82, 2.24) is 9.80 Å². The Hall–Kier alpha value is -0.710. The van der Waals surface area contributed by atoms with Crippen molar-refractivity contribution in [1.29, 1.82) is 0 Å². The predicted molar refractivity (Wildman–Crippen MR) is 87.4 cm³/mol. The number of hydrogen-bond acceptors (Lipinski definition) is 3. The summed E-state index contributed by atoms with van der Waals surface area (Å²) in [6.45, 7) is 6.52. The minimum absolute atomic E-state index is 0.128. The van der Waals surface area contributed by atoms with Crippen LogP contribution in [0.4, 0.5) is 0 Å². The van der Waals surface area contributed by atoms with E-state index in [0.29, 0.717) is 13.0 Å². The standard InChI is InChI=1S/C16H28N2O2S/c1-4-16(5-2,21-3)12-17-11-9-14(19)18-10-7-6-8-13(18)15(17)20/h13H,4-12H2,1-3H3. The van der Waals surface area contributed by atoms with Crippen LogP contribution in [0.1, 0.15) is 52.4 Å². The number of rotatable bonds is 5. The van der Waals surface area contributed by atoms with Gasteiger partial charge in [0.2, 0.25) is 11.8 Å². The van der Waals surface area contributed by atoms with Crippen molar-refractivity contribution in [2.45, 2.75) is 63.2 Å². The highest BCUT2D eigenvalue weighted by Crippen LogP contribution is 2.33. The molecule has 2 saturated heterocycles. The molecular weight excluding hydrogens is 284 g/mol. The minimum atomic E-state index is -0.193. The number of carbonyl (C=O) groups is 2. The molecule has 1 atom stereocenters. The van der Waals surface area contributed by atoms with Crippen molar-refractivity contribution < 1.29 is 9.59 Å². The van der Waals surface area contributed by atoms with Crippen LogP contribution in [0.25, 0.3) is 0 Å². The number of carbonyl (C=O) groups excluding carboxylic acids is 2. The number of thioether (sulfide) groups is 1. The van der Waals surface area contributed by atoms with Crippen LogP contribution >= 0.6 is 11.8 Å². The molecule has 120 valence electrons. The van der Waals surface area contributed by atoms with Crippen molar-refractivity contribution in [2.24, 2.45) is 0 Å². The maximum Gasteiger partial charge on any atom is 0.245 e. The fourth-order valence-corrected chi connectivity index (χ4v) is 4.38. The van der Waals surface area contributed by atoms with E-state index in [1.165, 1.54) is 0 Å². The van der Waals surface area contributed by atoms with E-state index in [1.54, 1.807) is 0 Å². The molecule has 0 saturated carbocycles. The second-order valence-corrected chi connectivity index (χ2v) is 7.48. The zero-order valence-corrected chi connectivity index (χ0v) is 14.4. The Kier molecular flexibility index (Phi) is 5.58. The first-order valence-corrected chi connectivity index (χ1v) is 9.42. The van der Waals surface area contributed by atoms with Gasteiger partial charge in [0.05, 0.1) is 0 Å². The van der Waals surface area contributed by atoms with E-state index in [0.717, 1.165) is 45.2 Å². The molecule has 5 heteroatoms. The number of fused-ring (bicyclic) bond motifs is 1. The molecule has 0 aliphatic carbocycles. The van der Waals surface area contributed by atoms with Gasteiger partial charge in [-0.2, -0.15) is 11.8 Å². The van der Waals surface area contributed by atoms with Crippen LogP contribution in [-0.4, -0.2) is 58.3 Å². The molecule has 0 aromatic rings. The molecule has 2 amide bonds. The van der Waals surface area contributed by atoms with Crippen LogP contribution in [-0.2, 0) is 9.59 Å². The average Bonchev–Trinajstić information content (AvgIpc) is 2.65. The zero-order chi connectivity index (χ0) is 15.5. The molecule has 0 bridgehead atoms. The Morgan fingerprint density at radius 1 is 1.19 bits per heavy atom. The van der Waals surface area contributed by atoms with Gasteiger partial charge in [0.25, 0.3) is 0 Å². The number of piperidine rings is 1. The third kappa shape index (κ3) is 3.38. The SMILES string of the molecule is CCC(CC)(CN1CCC(=O)N2CCCCC2C1=O)SC. The van der Waals surface area contributed by atoms with E-state index in [-0.39, 0.29) is 22.6 Å². The van der Waals surface area contributed by atoms with Gasteiger partial charge in [0.1, 0.15) is 6.04 Å². The minimum Gasteiger partial charge on any atom is -0.339 e. The van der Waals surface area contributed by atoms with Gasteiger partial charge < -0.3 is 9.80 Å². The summed E-state index contributed by atoms with van der Waals surface area (Å²) in [6.07, 6.45) is 7.66. The van der Waals surface area contributed by atoms with Crippen LogP contribution in [0.2, 0.25) is 0 Å². The van der Waals surface area contributed by atoms with E-state index >= 15 is 0 Å². The van der Waals surface area contributed by atoms with Crippen LogP contribution in [0.5, 0.6) is 0 Å². The molecule has 1 unspecified atom stereocenters. The number of nitrogens with zero attached hydrogens (tertiary/aromatic N) is 2. The Bertz CT molecular complexity index is 387. The second-order valence-electron chi connectivity index (χ2n) is 6.20. The molecule has 0 spiro atoms. The third-order valence-corrected chi connectivity index (χ3v) is 6.79. The lowest BCUT2D eigenvalue weighted by atomic mass is 9.99. The Labute approximate surface area is 132 Å². The molecule has 0 N–H and O–H groups in total. The summed E-state index contributed by atoms with van der Waals surface area (Å²) in [5.74, 6) is 0.346. The lowest BCUT2D eigenvalue weighted by Gasteiger charge is -2.38. The van der Waals surface area contributed by atoms with Gasteiger partial charge in [-0.25, -0.2) is 0 Å². The normalized spacial score (nSPS) is 24.0. The lowest BCUT2D eigenvalue weighted by molar-refractivity contribution is -0.143. The first-order valence-electron chi connectivity index (χ1n) is 8.20. The molecule has 21 heavy (non-hydrogen) atoms. The van der Waals surface area contributed by atoms with Crippen molar-refractivity contribution in [2.75, 3.05) is 25.9 Å². The Morgan fingerprint density at radius 2 is 1.90 bits per heavy atom. The monoisotopic (exact) mass is 312 g/mol. The Morgan fingerprint density at radius 3 is 2.52 bits per heavy atom. The molecular formula is C16H28N2O2S. The molecule has 0 aromatic heterocycles. The first-order chi connectivity index (χ1) is 10.1. The quantitative estimate of drug-likeness (QED) is 0.783. The summed E-state index contributed by atoms with van der Waals surface area (Å²) in [6, 6.07) is -0.193. The maximum absolute atomic E-state index is 12.9. The summed E-state index contributed by atoms with van der Waals surface area (Å²) in [4.78, 5) is 28.9. The fourth-order valence-electron chi connectivity index (χ4n) is 3.51. The molecule has 0 aromatic carbocycles. The van der Waals surface area contributed by atoms with Gasteiger partial charge in [-0.15, -0.1) is 0 Å². The van der Waals surface area contributed by atoms with Crippen molar-refractivity contribution in [3.63, 3.8) is 0 Å². The van der Waals surface area contributed by atoms with Gasteiger partial charge in [0.15, 0.2) is 0 Å². The van der Waals surface area contributed by atoms with Crippen LogP contribution in [0, 0.1) is 0 Å². The number of hydrogen-bond donors (Lipinski definition) is 0. The summed E-state index contributed by atoms with van der Waals surface area (Å²) in [5, 5.41) is 0. The van der Waals surface area contributed by atoms with Crippen molar-refractivity contribution in [3.05, 3.63) is 0 Å². The highest BCUT2D eigenvalue weighted by Gasteiger charge is 2.40. The fraction of sp³-hybridized carbons (Fsp3) is 0.875. The van der Waals surface area contributed by atoms with Crippen LogP contribution in [0.15, 0.2) is 0 Å². The topological polar surface area (TPSA) is 40.6 Å². The molecule has 0 radical (unpaired) electrons. The summed E-state index contributed by atoms with van der Waals surface area (Å²) in [5.41, 5.74) is 0. The highest BCUT2D eigenvalue weighted by atomic mass is 32.2. The Balaban J connectivity index is 2.16. The predicted octanol–water partition coefficient (Wildman–Crippen LogP) is 2.52. The highest BCUT2D eigenvalue weighted by molar-refractivity contribution is 8.00. The molecule has 4 nitrogen and oxygen atoms in total. The lowest BCUT2D eigenvalue weighted by Crippen LogP contribution is -2.52.